The molecule has 2 amide bonds. The number of anilines is 1. The van der Waals surface area contributed by atoms with Gasteiger partial charge in [0.05, 0.1) is 0 Å². The third-order valence-corrected chi connectivity index (χ3v) is 2.90. The quantitative estimate of drug-likeness (QED) is 0.668. The monoisotopic (exact) mass is 291 g/mol. The second-order valence-corrected chi connectivity index (χ2v) is 4.48. The summed E-state index contributed by atoms with van der Waals surface area (Å²) >= 11 is 0. The predicted octanol–water partition coefficient (Wildman–Crippen LogP) is 2.33. The van der Waals surface area contributed by atoms with Crippen molar-refractivity contribution in [1.29, 1.82) is 5.26 Å². The van der Waals surface area contributed by atoms with Gasteiger partial charge in [-0.2, -0.15) is 5.26 Å². The van der Waals surface area contributed by atoms with Crippen LogP contribution < -0.4 is 11.1 Å². The highest BCUT2D eigenvalue weighted by molar-refractivity contribution is 6.09. The number of carbonyl (C=O) groups excluding carboxylic acids is 2. The number of nitrogens with zero attached hydrogens (tertiary/aromatic N) is 1. The third-order valence-electron chi connectivity index (χ3n) is 2.90. The number of benzene rings is 2. The van der Waals surface area contributed by atoms with Crippen LogP contribution in [0.25, 0.3) is 6.08 Å². The second kappa shape index (κ2) is 6.86. The fourth-order valence-electron chi connectivity index (χ4n) is 1.78. The zero-order valence-corrected chi connectivity index (χ0v) is 11.6. The molecule has 0 heterocycles. The molecule has 0 spiro atoms. The van der Waals surface area contributed by atoms with Crippen LogP contribution in [-0.4, -0.2) is 11.8 Å². The van der Waals surface area contributed by atoms with E-state index in [1.165, 1.54) is 18.2 Å². The van der Waals surface area contributed by atoms with E-state index in [-0.39, 0.29) is 5.57 Å². The summed E-state index contributed by atoms with van der Waals surface area (Å²) in [5, 5.41) is 11.7. The van der Waals surface area contributed by atoms with Gasteiger partial charge < -0.3 is 11.1 Å². The highest BCUT2D eigenvalue weighted by atomic mass is 16.2. The van der Waals surface area contributed by atoms with Gasteiger partial charge in [0, 0.05) is 11.3 Å². The largest absolute Gasteiger partial charge is 0.366 e. The van der Waals surface area contributed by atoms with Crippen molar-refractivity contribution in [3.8, 4) is 6.07 Å². The van der Waals surface area contributed by atoms with Crippen molar-refractivity contribution in [2.24, 2.45) is 5.73 Å². The molecule has 5 heteroatoms. The number of primary amides is 1. The fourth-order valence-corrected chi connectivity index (χ4v) is 1.78. The van der Waals surface area contributed by atoms with Gasteiger partial charge in [-0.1, -0.05) is 30.3 Å². The molecule has 2 aromatic carbocycles. The van der Waals surface area contributed by atoms with Crippen LogP contribution >= 0.6 is 0 Å². The zero-order chi connectivity index (χ0) is 15.9. The van der Waals surface area contributed by atoms with Crippen LogP contribution in [0.2, 0.25) is 0 Å². The molecular weight excluding hydrogens is 278 g/mol. The minimum Gasteiger partial charge on any atom is -0.366 e. The van der Waals surface area contributed by atoms with Crippen molar-refractivity contribution < 1.29 is 9.59 Å². The average molecular weight is 291 g/mol. The highest BCUT2D eigenvalue weighted by Crippen LogP contribution is 2.12. The molecular formula is C17H13N3O2. The van der Waals surface area contributed by atoms with Gasteiger partial charge in [0.25, 0.3) is 5.91 Å². The molecule has 0 fully saturated rings. The molecule has 0 aromatic heterocycles. The maximum absolute atomic E-state index is 12.1. The maximum Gasteiger partial charge on any atom is 0.266 e. The van der Waals surface area contributed by atoms with E-state index in [1.54, 1.807) is 24.3 Å². The first-order valence-electron chi connectivity index (χ1n) is 6.48. The number of nitriles is 1. The number of carbonyl (C=O) groups is 2. The van der Waals surface area contributed by atoms with E-state index in [0.29, 0.717) is 11.3 Å². The van der Waals surface area contributed by atoms with E-state index in [0.717, 1.165) is 5.56 Å². The summed E-state index contributed by atoms with van der Waals surface area (Å²) in [7, 11) is 0. The second-order valence-electron chi connectivity index (χ2n) is 4.48. The van der Waals surface area contributed by atoms with Gasteiger partial charge >= 0.3 is 0 Å². The van der Waals surface area contributed by atoms with E-state index < -0.39 is 11.8 Å². The Morgan fingerprint density at radius 1 is 1.05 bits per heavy atom. The molecule has 0 aliphatic carbocycles. The first-order valence-corrected chi connectivity index (χ1v) is 6.48. The molecule has 0 atom stereocenters. The lowest BCUT2D eigenvalue weighted by Gasteiger charge is -2.05. The molecule has 5 nitrogen and oxygen atoms in total. The molecule has 2 aromatic rings. The average Bonchev–Trinajstić information content (AvgIpc) is 2.54. The fraction of sp³-hybridized carbons (Fsp3) is 0. The van der Waals surface area contributed by atoms with Crippen LogP contribution in [-0.2, 0) is 4.79 Å². The Morgan fingerprint density at radius 3 is 2.23 bits per heavy atom. The first-order chi connectivity index (χ1) is 10.6. The zero-order valence-electron chi connectivity index (χ0n) is 11.6. The highest BCUT2D eigenvalue weighted by Gasteiger charge is 2.09. The van der Waals surface area contributed by atoms with Gasteiger partial charge in [-0.3, -0.25) is 9.59 Å². The Hall–Kier alpha value is -3.39. The van der Waals surface area contributed by atoms with Crippen LogP contribution in [0.15, 0.2) is 60.2 Å². The van der Waals surface area contributed by atoms with Gasteiger partial charge in [-0.15, -0.1) is 0 Å². The summed E-state index contributed by atoms with van der Waals surface area (Å²) in [6.45, 7) is 0. The normalized spacial score (nSPS) is 10.6. The number of nitrogens with one attached hydrogen (secondary N) is 1. The van der Waals surface area contributed by atoms with E-state index in [1.807, 2.05) is 24.3 Å². The van der Waals surface area contributed by atoms with E-state index >= 15 is 0 Å². The lowest BCUT2D eigenvalue weighted by atomic mass is 10.1. The van der Waals surface area contributed by atoms with Crippen molar-refractivity contribution >= 4 is 23.6 Å². The van der Waals surface area contributed by atoms with Crippen molar-refractivity contribution in [3.63, 3.8) is 0 Å². The van der Waals surface area contributed by atoms with Gasteiger partial charge in [0.2, 0.25) is 5.91 Å². The van der Waals surface area contributed by atoms with Crippen LogP contribution in [0.4, 0.5) is 5.69 Å². The molecule has 3 N–H and O–H groups in total. The van der Waals surface area contributed by atoms with Crippen molar-refractivity contribution in [2.75, 3.05) is 5.32 Å². The van der Waals surface area contributed by atoms with Gasteiger partial charge in [-0.25, -0.2) is 0 Å². The molecule has 22 heavy (non-hydrogen) atoms. The van der Waals surface area contributed by atoms with E-state index in [4.69, 9.17) is 11.0 Å². The Labute approximate surface area is 127 Å². The summed E-state index contributed by atoms with van der Waals surface area (Å²) in [4.78, 5) is 23.0. The molecule has 0 bridgehead atoms. The molecule has 2 rings (SSSR count). The standard InChI is InChI=1S/C17H13N3O2/c18-11-14(10-12-4-2-1-3-5-12)17(22)20-15-8-6-13(7-9-15)16(19)21/h1-10H,(H2,19,21)(H,20,22)/b14-10+. The molecule has 0 saturated carbocycles. The number of nitrogens with two attached hydrogens (primary N) is 1. The van der Waals surface area contributed by atoms with Crippen LogP contribution in [0, 0.1) is 11.3 Å². The summed E-state index contributed by atoms with van der Waals surface area (Å²) in [5.74, 6) is -1.06. The summed E-state index contributed by atoms with van der Waals surface area (Å²) in [5.41, 5.74) is 6.72. The number of amides is 2. The van der Waals surface area contributed by atoms with Crippen molar-refractivity contribution in [3.05, 3.63) is 71.3 Å². The van der Waals surface area contributed by atoms with Crippen LogP contribution in [0.3, 0.4) is 0 Å². The topological polar surface area (TPSA) is 96.0 Å². The summed E-state index contributed by atoms with van der Waals surface area (Å²) in [6, 6.07) is 17.1. The predicted molar refractivity (Wildman–Crippen MR) is 83.6 cm³/mol. The Kier molecular flexibility index (Phi) is 4.68. The summed E-state index contributed by atoms with van der Waals surface area (Å²) in [6.07, 6.45) is 1.51. The molecule has 0 saturated heterocycles. The van der Waals surface area contributed by atoms with Crippen LogP contribution in [0.1, 0.15) is 15.9 Å². The molecule has 0 unspecified atom stereocenters. The molecule has 0 aliphatic heterocycles. The SMILES string of the molecule is N#C/C(=C\c1ccccc1)C(=O)Nc1ccc(C(N)=O)cc1. The molecule has 0 aliphatic rings. The smallest absolute Gasteiger partial charge is 0.266 e. The minimum absolute atomic E-state index is 0.00909. The minimum atomic E-state index is -0.542. The van der Waals surface area contributed by atoms with Gasteiger partial charge in [0.1, 0.15) is 11.6 Å². The van der Waals surface area contributed by atoms with Gasteiger partial charge in [0.15, 0.2) is 0 Å². The van der Waals surface area contributed by atoms with Crippen LogP contribution in [0.5, 0.6) is 0 Å². The number of rotatable bonds is 4. The number of hydrogen-bond donors (Lipinski definition) is 2. The molecule has 0 radical (unpaired) electrons. The maximum atomic E-state index is 12.1. The Bertz CT molecular complexity index is 757. The molecule has 108 valence electrons. The third kappa shape index (κ3) is 3.81. The van der Waals surface area contributed by atoms with Crippen molar-refractivity contribution in [1.82, 2.24) is 0 Å². The first kappa shape index (κ1) is 15.0. The van der Waals surface area contributed by atoms with Gasteiger partial charge in [-0.05, 0) is 35.9 Å². The Balaban J connectivity index is 2.15. The lowest BCUT2D eigenvalue weighted by Crippen LogP contribution is -2.14. The Morgan fingerprint density at radius 2 is 1.68 bits per heavy atom. The van der Waals surface area contributed by atoms with Crippen molar-refractivity contribution in [2.45, 2.75) is 0 Å². The lowest BCUT2D eigenvalue weighted by molar-refractivity contribution is -0.112. The van der Waals surface area contributed by atoms with E-state index in [2.05, 4.69) is 5.32 Å². The number of hydrogen-bond acceptors (Lipinski definition) is 3. The van der Waals surface area contributed by atoms with E-state index in [9.17, 15) is 9.59 Å². The summed E-state index contributed by atoms with van der Waals surface area (Å²) < 4.78 is 0.